The van der Waals surface area contributed by atoms with Crippen LogP contribution in [0.2, 0.25) is 0 Å². The highest BCUT2D eigenvalue weighted by molar-refractivity contribution is 5.76. The summed E-state index contributed by atoms with van der Waals surface area (Å²) in [5.41, 5.74) is 5.41. The highest BCUT2D eigenvalue weighted by atomic mass is 16.5. The van der Waals surface area contributed by atoms with Crippen molar-refractivity contribution >= 4 is 5.97 Å². The van der Waals surface area contributed by atoms with Gasteiger partial charge in [-0.05, 0) is 47.8 Å². The van der Waals surface area contributed by atoms with Crippen LogP contribution in [0.15, 0.2) is 12.1 Å². The first-order valence-electron chi connectivity index (χ1n) is 19.0. The number of benzene rings is 1. The molecule has 0 bridgehead atoms. The number of carbonyl (C=O) groups excluding carboxylic acids is 1. The molecule has 2 heterocycles. The summed E-state index contributed by atoms with van der Waals surface area (Å²) in [6.07, 6.45) is -11.5. The molecule has 168 valence electrons. The van der Waals surface area contributed by atoms with E-state index in [0.29, 0.717) is 11.8 Å². The van der Waals surface area contributed by atoms with Crippen LogP contribution < -0.4 is 15.2 Å². The molecule has 5 atom stereocenters. The summed E-state index contributed by atoms with van der Waals surface area (Å²) in [6.45, 7) is -15.8. The Morgan fingerprint density at radius 1 is 1.40 bits per heavy atom. The number of methoxy groups -OCH3 is 2. The maximum absolute atomic E-state index is 13.8. The lowest BCUT2D eigenvalue weighted by molar-refractivity contribution is -0.160. The van der Waals surface area contributed by atoms with E-state index in [1.807, 2.05) is 0 Å². The molecule has 30 heavy (non-hydrogen) atoms. The summed E-state index contributed by atoms with van der Waals surface area (Å²) >= 11 is 0. The second-order valence-electron chi connectivity index (χ2n) is 6.61. The molecule has 0 aromatic heterocycles. The van der Waals surface area contributed by atoms with Crippen molar-refractivity contribution in [1.29, 1.82) is 0 Å². The minimum Gasteiger partial charge on any atom is -0.493 e. The van der Waals surface area contributed by atoms with Crippen LogP contribution in [-0.2, 0) is 16.0 Å². The first kappa shape index (κ1) is 8.28. The number of piperidine rings is 1. The van der Waals surface area contributed by atoms with E-state index < -0.39 is 88.1 Å². The molecule has 3 rings (SSSR count). The van der Waals surface area contributed by atoms with E-state index in [1.54, 1.807) is 0 Å². The largest absolute Gasteiger partial charge is 0.493 e. The number of fused-ring (bicyclic) bond motifs is 3. The molecule has 1 saturated heterocycles. The van der Waals surface area contributed by atoms with E-state index in [0.717, 1.165) is 6.07 Å². The van der Waals surface area contributed by atoms with Crippen LogP contribution in [0.25, 0.3) is 0 Å². The topological polar surface area (TPSA) is 74.0 Å². The zero-order chi connectivity index (χ0) is 39.5. The SMILES string of the molecule is [2H]C([2H])([2H])C([2H])(C)C([2H])([2H])C1([2H])C(OC(=O)[C@@]([2H])(N)C([2H])(C([2H])([2H])[2H])C([2H])([2H])[2H])C([2H])([2H])C2([2H])c3cc(OC)c(OC)cc3CCN2C1([2H])[2H]. The molecular weight excluding hydrogens is 380 g/mol. The van der Waals surface area contributed by atoms with Gasteiger partial charge in [0.25, 0.3) is 0 Å². The third-order valence-electron chi connectivity index (χ3n) is 4.56. The van der Waals surface area contributed by atoms with E-state index in [1.165, 1.54) is 20.3 Å². The van der Waals surface area contributed by atoms with Gasteiger partial charge in [-0.3, -0.25) is 9.69 Å². The van der Waals surface area contributed by atoms with Gasteiger partial charge >= 0.3 is 5.97 Å². The molecule has 0 spiro atoms. The molecule has 0 amide bonds. The third-order valence-corrected chi connectivity index (χ3v) is 4.56. The Labute approximate surface area is 209 Å². The smallest absolute Gasteiger partial charge is 0.323 e. The summed E-state index contributed by atoms with van der Waals surface area (Å²) in [6, 6.07) is -4.96. The molecule has 0 aliphatic carbocycles. The quantitative estimate of drug-likeness (QED) is 0.656. The van der Waals surface area contributed by atoms with Crippen molar-refractivity contribution in [3.05, 3.63) is 23.3 Å². The number of hydrogen-bond donors (Lipinski definition) is 1. The molecule has 2 aliphatic heterocycles. The minimum atomic E-state index is -4.25. The number of ether oxygens (including phenoxy) is 3. The number of nitrogens with two attached hydrogens (primary N) is 1. The summed E-state index contributed by atoms with van der Waals surface area (Å²) in [5.74, 6) is -14.4. The molecule has 0 saturated carbocycles. The lowest BCUT2D eigenvalue weighted by atomic mass is 9.79. The number of carbonyl (C=O) groups is 1. The molecule has 6 nitrogen and oxygen atoms in total. The van der Waals surface area contributed by atoms with E-state index >= 15 is 0 Å². The average Bonchev–Trinajstić information content (AvgIpc) is 2.95. The molecule has 1 fully saturated rings. The van der Waals surface area contributed by atoms with Gasteiger partial charge in [0.15, 0.2) is 11.5 Å². The van der Waals surface area contributed by atoms with Gasteiger partial charge in [-0.25, -0.2) is 0 Å². The van der Waals surface area contributed by atoms with Crippen molar-refractivity contribution < 1.29 is 46.4 Å². The molecular formula is C24H38N2O4. The van der Waals surface area contributed by atoms with Crippen molar-refractivity contribution in [3.63, 3.8) is 0 Å². The summed E-state index contributed by atoms with van der Waals surface area (Å²) in [7, 11) is 2.46. The Kier molecular flexibility index (Phi) is 2.64. The lowest BCUT2D eigenvalue weighted by Crippen LogP contribution is -2.51. The number of esters is 1. The van der Waals surface area contributed by atoms with Gasteiger partial charge in [0.1, 0.15) is 12.1 Å². The maximum Gasteiger partial charge on any atom is 0.323 e. The number of rotatable bonds is 7. The zero-order valence-electron chi connectivity index (χ0n) is 36.8. The van der Waals surface area contributed by atoms with Crippen molar-refractivity contribution in [2.45, 2.75) is 64.8 Å². The first-order chi connectivity index (χ1) is 22.0. The number of nitrogens with zero attached hydrogens (tertiary/aromatic N) is 1. The summed E-state index contributed by atoms with van der Waals surface area (Å²) in [4.78, 5) is 14.2. The highest BCUT2D eigenvalue weighted by Crippen LogP contribution is 2.44. The Hall–Kier alpha value is -1.79. The normalized spacial score (nSPS) is 48.1. The fourth-order valence-corrected chi connectivity index (χ4v) is 3.16. The minimum absolute atomic E-state index is 0.0997. The fraction of sp³-hybridized carbons (Fsp3) is 0.708. The molecule has 2 aliphatic rings. The molecule has 6 heteroatoms. The first-order valence-corrected chi connectivity index (χ1v) is 9.01. The fourth-order valence-electron chi connectivity index (χ4n) is 3.16. The van der Waals surface area contributed by atoms with Crippen LogP contribution in [0.5, 0.6) is 11.5 Å². The predicted molar refractivity (Wildman–Crippen MR) is 118 cm³/mol. The summed E-state index contributed by atoms with van der Waals surface area (Å²) < 4.78 is 184. The zero-order valence-corrected chi connectivity index (χ0v) is 16.8. The van der Waals surface area contributed by atoms with E-state index in [-0.39, 0.29) is 29.0 Å². The van der Waals surface area contributed by atoms with Crippen molar-refractivity contribution in [3.8, 4) is 11.5 Å². The van der Waals surface area contributed by atoms with Crippen LogP contribution in [0.1, 0.15) is 84.8 Å². The molecule has 4 unspecified atom stereocenters. The van der Waals surface area contributed by atoms with Crippen LogP contribution in [-0.4, -0.2) is 50.3 Å². The third kappa shape index (κ3) is 4.75. The van der Waals surface area contributed by atoms with Gasteiger partial charge in [-0.2, -0.15) is 0 Å². The van der Waals surface area contributed by atoms with Gasteiger partial charge in [-0.15, -0.1) is 0 Å². The number of hydrogen-bond acceptors (Lipinski definition) is 6. The van der Waals surface area contributed by atoms with Crippen LogP contribution >= 0.6 is 0 Å². The van der Waals surface area contributed by atoms with Crippen LogP contribution in [0.3, 0.4) is 0 Å². The molecule has 2 N–H and O–H groups in total. The Morgan fingerprint density at radius 2 is 2.13 bits per heavy atom. The van der Waals surface area contributed by atoms with Gasteiger partial charge in [-0.1, -0.05) is 27.5 Å². The molecule has 1 aromatic carbocycles. The Bertz CT molecular complexity index is 1490. The van der Waals surface area contributed by atoms with Crippen LogP contribution in [0, 0.1) is 17.7 Å². The van der Waals surface area contributed by atoms with Gasteiger partial charge < -0.3 is 19.9 Å². The van der Waals surface area contributed by atoms with Crippen molar-refractivity contribution in [2.75, 3.05) is 27.3 Å². The monoisotopic (exact) mass is 438 g/mol. The van der Waals surface area contributed by atoms with Crippen molar-refractivity contribution in [1.82, 2.24) is 4.90 Å². The average molecular weight is 439 g/mol. The maximum atomic E-state index is 13.8. The van der Waals surface area contributed by atoms with Gasteiger partial charge in [0, 0.05) is 56.0 Å². The second kappa shape index (κ2) is 9.56. The second-order valence-corrected chi connectivity index (χ2v) is 6.61. The van der Waals surface area contributed by atoms with E-state index in [2.05, 4.69) is 0 Å². The Morgan fingerprint density at radius 3 is 2.80 bits per heavy atom. The molecule has 1 aromatic rings. The van der Waals surface area contributed by atoms with E-state index in [4.69, 9.17) is 39.1 Å². The van der Waals surface area contributed by atoms with Gasteiger partial charge in [0.05, 0.1) is 17.0 Å². The molecule has 0 radical (unpaired) electrons. The summed E-state index contributed by atoms with van der Waals surface area (Å²) in [5, 5.41) is 0. The van der Waals surface area contributed by atoms with Crippen LogP contribution in [0.4, 0.5) is 0 Å². The van der Waals surface area contributed by atoms with E-state index in [9.17, 15) is 13.0 Å². The Balaban J connectivity index is 2.52. The predicted octanol–water partition coefficient (Wildman–Crippen LogP) is 3.56. The van der Waals surface area contributed by atoms with Gasteiger partial charge in [0.2, 0.25) is 0 Å². The lowest BCUT2D eigenvalue weighted by Gasteiger charge is -2.47. The highest BCUT2D eigenvalue weighted by Gasteiger charge is 2.41. The standard InChI is InChI=1S/C24H38N2O4/c1-14(2)9-17-13-26-8-7-16-10-21(28-5)22(29-6)11-18(16)19(26)12-20(17)30-24(27)23(25)15(3)4/h10-11,14-15,17,19-20,23H,7-9,12-13,25H2,1-6H3/t17?,19?,20?,23-/m0/s1/i1D3,3D3,4D3,9D2,12D2,13D2,14D,15D,17D,19D,23D/t14?,17?,19?,20?,23-. The van der Waals surface area contributed by atoms with Crippen molar-refractivity contribution in [2.24, 2.45) is 23.4 Å².